The fourth-order valence-corrected chi connectivity index (χ4v) is 20.3. The summed E-state index contributed by atoms with van der Waals surface area (Å²) in [6, 6.07) is 122. The normalized spacial score (nSPS) is 11.8. The Morgan fingerprint density at radius 1 is 0.161 bits per heavy atom. The molecule has 10 nitrogen and oxygen atoms in total. The predicted octanol–water partition coefficient (Wildman–Crippen LogP) is 33.2. The highest BCUT2D eigenvalue weighted by Gasteiger charge is 2.25. The lowest BCUT2D eigenvalue weighted by molar-refractivity contribution is 0.426. The molecule has 8 aromatic heterocycles. The van der Waals surface area contributed by atoms with Crippen molar-refractivity contribution >= 4 is 236 Å². The van der Waals surface area contributed by atoms with Crippen LogP contribution >= 0.6 is 47.8 Å². The van der Waals surface area contributed by atoms with E-state index in [4.69, 9.17) is 35.3 Å². The molecule has 14 heteroatoms. The minimum atomic E-state index is -1.52. The van der Waals surface area contributed by atoms with Crippen LogP contribution in [0.5, 0.6) is 0 Å². The molecule has 0 aliphatic carbocycles. The summed E-state index contributed by atoms with van der Waals surface area (Å²) in [4.78, 5) is 0. The van der Waals surface area contributed by atoms with Gasteiger partial charge in [0.2, 0.25) is 0 Å². The molecule has 0 aliphatic heterocycles. The summed E-state index contributed by atoms with van der Waals surface area (Å²) < 4.78 is 55.6. The molecule has 0 saturated carbocycles. The second kappa shape index (κ2) is 30.1. The molecule has 26 rings (SSSR count). The third-order valence-electron chi connectivity index (χ3n) is 23.8. The summed E-state index contributed by atoms with van der Waals surface area (Å²) >= 11 is 10.1. The van der Waals surface area contributed by atoms with Crippen LogP contribution < -0.4 is 5.46 Å². The Hall–Kier alpha value is -14.2. The SMILES string of the molecule is Brc1cc(Br)cc(Br)c1.C.C.OB(O)c1ccc2oc3c(ccc4c5cc(-c6ccccc6)ccc5oc43)c2c1.c1ccc(-c2ccc3oc4c(ccc5c6cc(-c7cc(-c8ccc9oc%10c(ccc%11c%12cc(-c%13ccccc%13)ccc%12oc%11%10)c9c8)cc(-c8ccc9oc%10c(ccc%11c%12cc(-c%13ccccc%13)ccc%12oc%11%10)c9c8)c7)ccc6oc54)c3c2)cc1. The van der Waals surface area contributed by atoms with Crippen LogP contribution in [0.1, 0.15) is 14.9 Å². The lowest BCUT2D eigenvalue weighted by Crippen LogP contribution is -2.29. The molecule has 592 valence electrons. The van der Waals surface area contributed by atoms with E-state index in [9.17, 15) is 10.0 Å². The number of furan rings is 8. The first-order valence-corrected chi connectivity index (χ1v) is 42.4. The molecule has 0 bridgehead atoms. The predicted molar refractivity (Wildman–Crippen MR) is 522 cm³/mol. The molecule has 0 saturated heterocycles. The van der Waals surface area contributed by atoms with E-state index < -0.39 is 7.12 Å². The van der Waals surface area contributed by atoms with Crippen molar-refractivity contribution < 1.29 is 45.4 Å². The van der Waals surface area contributed by atoms with E-state index in [2.05, 4.69) is 309 Å². The van der Waals surface area contributed by atoms with Crippen molar-refractivity contribution in [3.05, 3.63) is 365 Å². The van der Waals surface area contributed by atoms with Gasteiger partial charge >= 0.3 is 7.12 Å². The molecule has 0 unspecified atom stereocenters. The van der Waals surface area contributed by atoms with Gasteiger partial charge in [-0.3, -0.25) is 0 Å². The van der Waals surface area contributed by atoms with Gasteiger partial charge in [-0.1, -0.05) is 239 Å². The molecule has 0 fully saturated rings. The van der Waals surface area contributed by atoms with Gasteiger partial charge in [-0.2, -0.15) is 0 Å². The number of fused-ring (bicyclic) bond motifs is 28. The van der Waals surface area contributed by atoms with Crippen molar-refractivity contribution in [1.29, 1.82) is 0 Å². The third-order valence-corrected chi connectivity index (χ3v) is 25.2. The average Bonchev–Trinajstić information content (AvgIpc) is 1.59. The van der Waals surface area contributed by atoms with Gasteiger partial charge in [-0.25, -0.2) is 0 Å². The summed E-state index contributed by atoms with van der Waals surface area (Å²) in [6.45, 7) is 0. The zero-order valence-electron chi connectivity index (χ0n) is 64.4. The smallest absolute Gasteiger partial charge is 0.452 e. The number of hydrogen-bond acceptors (Lipinski definition) is 10. The Kier molecular flexibility index (Phi) is 18.5. The molecule has 0 radical (unpaired) electrons. The van der Waals surface area contributed by atoms with Crippen LogP contribution in [0.2, 0.25) is 0 Å². The van der Waals surface area contributed by atoms with Crippen LogP contribution in [0.3, 0.4) is 0 Å². The third kappa shape index (κ3) is 12.8. The highest BCUT2D eigenvalue weighted by atomic mass is 79.9. The van der Waals surface area contributed by atoms with E-state index in [0.29, 0.717) is 22.2 Å². The van der Waals surface area contributed by atoms with Crippen molar-refractivity contribution in [2.24, 2.45) is 0 Å². The molecule has 0 spiro atoms. The van der Waals surface area contributed by atoms with Gasteiger partial charge in [0, 0.05) is 99.6 Å². The van der Waals surface area contributed by atoms with Gasteiger partial charge in [0.1, 0.15) is 44.7 Å². The highest BCUT2D eigenvalue weighted by Crippen LogP contribution is 2.48. The topological polar surface area (TPSA) is 146 Å². The van der Waals surface area contributed by atoms with Crippen LogP contribution in [0.25, 0.3) is 253 Å². The molecule has 18 aromatic carbocycles. The van der Waals surface area contributed by atoms with Gasteiger partial charge in [-0.05, 0) is 259 Å². The van der Waals surface area contributed by atoms with Crippen LogP contribution in [0.15, 0.2) is 401 Å². The van der Waals surface area contributed by atoms with Crippen molar-refractivity contribution in [2.75, 3.05) is 0 Å². The molecule has 8 heterocycles. The van der Waals surface area contributed by atoms with Gasteiger partial charge in [0.05, 0.1) is 0 Å². The molecule has 26 aromatic rings. The zero-order chi connectivity index (χ0) is 81.1. The zero-order valence-corrected chi connectivity index (χ0v) is 69.1. The lowest BCUT2D eigenvalue weighted by atomic mass is 9.80. The standard InChI is InChI=1S/C78H42O6.C24H15BO4.C6H3Br3.2CH4/c1-4-10-43(11-5-1)46-16-28-67-61(37-46)55-22-25-58-64-40-49(19-31-70(64)82-76(58)73(55)79-67)52-34-53(50-20-32-71-65(41-50)59-26-23-56-62-38-47(44-12-6-2-7-13-44)17-29-68(62)80-74(56)77(59)83-71)36-54(35-52)51-21-33-72-66(42-51)60-27-24-57-63-39-48(45-14-8-3-9-15-45)18-30-69(63)81-75(57)78(60)84-72;26-25(27)16-7-11-22-20(13-16)18-9-8-17-19-12-15(14-4-2-1-3-5-14)6-10-21(19)28-23(17)24(18)29-22;7-4-1-5(8)3-6(9)2-4;;/h1-42H;1-13,26-27H;1-3H;2*1H4. The van der Waals surface area contributed by atoms with Gasteiger partial charge in [0.25, 0.3) is 0 Å². The summed E-state index contributed by atoms with van der Waals surface area (Å²) in [5, 5.41) is 35.0. The fourth-order valence-electron chi connectivity index (χ4n) is 17.9. The monoisotopic (exact) mass is 1800 g/mol. The largest absolute Gasteiger partial charge is 0.488 e. The lowest BCUT2D eigenvalue weighted by Gasteiger charge is -2.12. The molecule has 0 amide bonds. The van der Waals surface area contributed by atoms with Crippen molar-refractivity contribution in [3.63, 3.8) is 0 Å². The van der Waals surface area contributed by atoms with Crippen LogP contribution in [0.4, 0.5) is 0 Å². The summed E-state index contributed by atoms with van der Waals surface area (Å²) in [6.07, 6.45) is 0. The average molecular weight is 1800 g/mol. The molecular weight excluding hydrogens is 1730 g/mol. The fraction of sp³-hybridized carbons (Fsp3) is 0.0182. The van der Waals surface area contributed by atoms with Crippen molar-refractivity contribution in [1.82, 2.24) is 0 Å². The van der Waals surface area contributed by atoms with Gasteiger partial charge in [0.15, 0.2) is 44.7 Å². The van der Waals surface area contributed by atoms with Crippen molar-refractivity contribution in [3.8, 4) is 77.9 Å². The summed E-state index contributed by atoms with van der Waals surface area (Å²) in [5.74, 6) is 0. The molecule has 0 aliphatic rings. The number of hydrogen-bond donors (Lipinski definition) is 2. The summed E-state index contributed by atoms with van der Waals surface area (Å²) in [5.41, 5.74) is 28.1. The maximum atomic E-state index is 9.49. The number of rotatable bonds is 8. The Morgan fingerprint density at radius 3 is 0.532 bits per heavy atom. The van der Waals surface area contributed by atoms with E-state index in [0.717, 1.165) is 250 Å². The van der Waals surface area contributed by atoms with Crippen LogP contribution in [-0.2, 0) is 0 Å². The van der Waals surface area contributed by atoms with Crippen LogP contribution in [-0.4, -0.2) is 17.2 Å². The Bertz CT molecular complexity index is 8140. The summed E-state index contributed by atoms with van der Waals surface area (Å²) in [7, 11) is -1.52. The van der Waals surface area contributed by atoms with E-state index >= 15 is 0 Å². The highest BCUT2D eigenvalue weighted by molar-refractivity contribution is 9.11. The molecule has 0 atom stereocenters. The number of halogens is 3. The quantitative estimate of drug-likeness (QED) is 0.141. The van der Waals surface area contributed by atoms with Crippen molar-refractivity contribution in [2.45, 2.75) is 14.9 Å². The maximum Gasteiger partial charge on any atom is 0.488 e. The first-order valence-electron chi connectivity index (χ1n) is 40.0. The Balaban J connectivity index is 0.000000188. The second-order valence-electron chi connectivity index (χ2n) is 31.0. The first kappa shape index (κ1) is 76.0. The Labute approximate surface area is 733 Å². The molecular formula is C110H68BBr3O10. The Morgan fingerprint density at radius 2 is 0.339 bits per heavy atom. The first-order chi connectivity index (χ1) is 59.9. The van der Waals surface area contributed by atoms with E-state index in [1.807, 2.05) is 72.8 Å². The maximum absolute atomic E-state index is 9.49. The van der Waals surface area contributed by atoms with Gasteiger partial charge in [-0.15, -0.1) is 0 Å². The minimum absolute atomic E-state index is 0. The molecule has 124 heavy (non-hydrogen) atoms. The van der Waals surface area contributed by atoms with Crippen LogP contribution in [0, 0.1) is 0 Å². The molecule has 2 N–H and O–H groups in total. The van der Waals surface area contributed by atoms with E-state index in [1.165, 1.54) is 0 Å². The van der Waals surface area contributed by atoms with Gasteiger partial charge < -0.3 is 45.4 Å². The minimum Gasteiger partial charge on any atom is -0.452 e. The van der Waals surface area contributed by atoms with E-state index in [-0.39, 0.29) is 14.9 Å². The number of benzene rings is 18. The van der Waals surface area contributed by atoms with E-state index in [1.54, 1.807) is 18.2 Å². The second-order valence-corrected chi connectivity index (χ2v) is 33.8.